The third-order valence-electron chi connectivity index (χ3n) is 4.12. The van der Waals surface area contributed by atoms with Crippen LogP contribution in [0, 0.1) is 0 Å². The monoisotopic (exact) mass is 383 g/mol. The lowest BCUT2D eigenvalue weighted by Crippen LogP contribution is -2.32. The first-order chi connectivity index (χ1) is 13.0. The summed E-state index contributed by atoms with van der Waals surface area (Å²) in [5, 5.41) is 3.39. The summed E-state index contributed by atoms with van der Waals surface area (Å²) in [6.45, 7) is 1.84. The van der Waals surface area contributed by atoms with Gasteiger partial charge in [-0.1, -0.05) is 23.7 Å². The predicted molar refractivity (Wildman–Crippen MR) is 104 cm³/mol. The molecule has 2 aromatic carbocycles. The summed E-state index contributed by atoms with van der Waals surface area (Å²) in [6, 6.07) is 13.9. The maximum atomic E-state index is 12.5. The highest BCUT2D eigenvalue weighted by molar-refractivity contribution is 6.30. The zero-order valence-corrected chi connectivity index (χ0v) is 15.6. The van der Waals surface area contributed by atoms with Gasteiger partial charge in [0.05, 0.1) is 13.2 Å². The summed E-state index contributed by atoms with van der Waals surface area (Å²) in [7, 11) is 1.59. The highest BCUT2D eigenvalue weighted by atomic mass is 35.5. The van der Waals surface area contributed by atoms with Crippen molar-refractivity contribution in [3.05, 3.63) is 81.2 Å². The molecule has 0 bridgehead atoms. The highest BCUT2D eigenvalue weighted by Crippen LogP contribution is 2.18. The molecule has 0 saturated carbocycles. The quantitative estimate of drug-likeness (QED) is 0.705. The first kappa shape index (κ1) is 18.7. The van der Waals surface area contributed by atoms with Gasteiger partial charge in [0.1, 0.15) is 17.1 Å². The molecule has 138 valence electrons. The molecule has 3 aromatic rings. The fourth-order valence-electron chi connectivity index (χ4n) is 2.56. The average Bonchev–Trinajstić information content (AvgIpc) is 2.68. The zero-order valence-electron chi connectivity index (χ0n) is 14.8. The Kier molecular flexibility index (Phi) is 5.57. The number of benzene rings is 2. The maximum Gasteiger partial charge on any atom is 0.264 e. The Morgan fingerprint density at radius 1 is 1.15 bits per heavy atom. The highest BCUT2D eigenvalue weighted by Gasteiger charge is 2.16. The van der Waals surface area contributed by atoms with Crippen molar-refractivity contribution in [1.29, 1.82) is 0 Å². The van der Waals surface area contributed by atoms with Crippen LogP contribution in [-0.4, -0.2) is 23.0 Å². The molecule has 3 rings (SSSR count). The summed E-state index contributed by atoms with van der Waals surface area (Å²) >= 11 is 5.86. The van der Waals surface area contributed by atoms with Crippen molar-refractivity contribution < 1.29 is 9.53 Å². The van der Waals surface area contributed by atoms with Crippen LogP contribution in [0.25, 0.3) is 11.4 Å². The number of aromatic amines is 1. The Bertz CT molecular complexity index is 998. The van der Waals surface area contributed by atoms with Crippen molar-refractivity contribution in [2.45, 2.75) is 13.0 Å². The van der Waals surface area contributed by atoms with Gasteiger partial charge in [0.15, 0.2) is 0 Å². The van der Waals surface area contributed by atoms with Crippen LogP contribution in [0.3, 0.4) is 0 Å². The molecular weight excluding hydrogens is 366 g/mol. The molecule has 0 aliphatic rings. The Labute approximate surface area is 161 Å². The van der Waals surface area contributed by atoms with Gasteiger partial charge in [-0.3, -0.25) is 9.59 Å². The van der Waals surface area contributed by atoms with E-state index in [1.165, 1.54) is 6.20 Å². The standard InChI is InChI=1S/C20H18ClN3O3/c1-12(13-5-9-16(27-2)10-6-13)23-19(25)17-11-22-18(24-20(17)26)14-3-7-15(21)8-4-14/h3-12H,1-2H3,(H,23,25)(H,22,24,26). The van der Waals surface area contributed by atoms with Crippen LogP contribution in [0.15, 0.2) is 59.5 Å². The molecule has 1 atom stereocenters. The molecule has 0 radical (unpaired) electrons. The first-order valence-corrected chi connectivity index (χ1v) is 8.66. The van der Waals surface area contributed by atoms with Crippen LogP contribution in [0.5, 0.6) is 5.75 Å². The van der Waals surface area contributed by atoms with Gasteiger partial charge in [0.25, 0.3) is 11.5 Å². The lowest BCUT2D eigenvalue weighted by molar-refractivity contribution is 0.0938. The van der Waals surface area contributed by atoms with E-state index in [9.17, 15) is 9.59 Å². The fraction of sp³-hybridized carbons (Fsp3) is 0.150. The van der Waals surface area contributed by atoms with Crippen LogP contribution >= 0.6 is 11.6 Å². The van der Waals surface area contributed by atoms with E-state index in [0.29, 0.717) is 16.4 Å². The third kappa shape index (κ3) is 4.35. The van der Waals surface area contributed by atoms with Gasteiger partial charge in [0.2, 0.25) is 0 Å². The maximum absolute atomic E-state index is 12.5. The minimum absolute atomic E-state index is 0.0481. The number of ether oxygens (including phenoxy) is 1. The molecule has 0 spiro atoms. The molecule has 0 fully saturated rings. The molecule has 7 heteroatoms. The van der Waals surface area contributed by atoms with Gasteiger partial charge in [-0.15, -0.1) is 0 Å². The number of nitrogens with one attached hydrogen (secondary N) is 2. The molecule has 0 saturated heterocycles. The topological polar surface area (TPSA) is 84.1 Å². The van der Waals surface area contributed by atoms with E-state index < -0.39 is 11.5 Å². The summed E-state index contributed by atoms with van der Waals surface area (Å²) < 4.78 is 5.12. The third-order valence-corrected chi connectivity index (χ3v) is 4.38. The number of methoxy groups -OCH3 is 1. The van der Waals surface area contributed by atoms with E-state index in [1.807, 2.05) is 31.2 Å². The molecule has 1 unspecified atom stereocenters. The Morgan fingerprint density at radius 2 is 1.81 bits per heavy atom. The molecule has 27 heavy (non-hydrogen) atoms. The van der Waals surface area contributed by atoms with Crippen molar-refractivity contribution in [1.82, 2.24) is 15.3 Å². The van der Waals surface area contributed by atoms with Crippen LogP contribution < -0.4 is 15.6 Å². The molecule has 6 nitrogen and oxygen atoms in total. The molecule has 1 amide bonds. The number of H-pyrrole nitrogens is 1. The summed E-state index contributed by atoms with van der Waals surface area (Å²) in [5.74, 6) is 0.613. The number of halogens is 1. The zero-order chi connectivity index (χ0) is 19.4. The summed E-state index contributed by atoms with van der Waals surface area (Å²) in [5.41, 5.74) is 1.05. The fourth-order valence-corrected chi connectivity index (χ4v) is 2.69. The lowest BCUT2D eigenvalue weighted by atomic mass is 10.1. The Balaban J connectivity index is 1.76. The SMILES string of the molecule is COc1ccc(C(C)NC(=O)c2cnc(-c3ccc(Cl)cc3)[nH]c2=O)cc1. The van der Waals surface area contributed by atoms with Gasteiger partial charge in [-0.2, -0.15) is 0 Å². The van der Waals surface area contributed by atoms with E-state index in [0.717, 1.165) is 11.3 Å². The predicted octanol–water partition coefficient (Wildman–Crippen LogP) is 3.59. The van der Waals surface area contributed by atoms with Crippen molar-refractivity contribution in [2.75, 3.05) is 7.11 Å². The Hall–Kier alpha value is -3.12. The number of carbonyl (C=O) groups is 1. The van der Waals surface area contributed by atoms with Crippen molar-refractivity contribution >= 4 is 17.5 Å². The van der Waals surface area contributed by atoms with Crippen molar-refractivity contribution in [3.63, 3.8) is 0 Å². The minimum Gasteiger partial charge on any atom is -0.497 e. The average molecular weight is 384 g/mol. The number of carbonyl (C=O) groups excluding carboxylic acids is 1. The van der Waals surface area contributed by atoms with Crippen molar-refractivity contribution in [2.24, 2.45) is 0 Å². The van der Waals surface area contributed by atoms with Crippen LogP contribution in [-0.2, 0) is 0 Å². The first-order valence-electron chi connectivity index (χ1n) is 8.28. The summed E-state index contributed by atoms with van der Waals surface area (Å²) in [6.07, 6.45) is 1.28. The number of hydrogen-bond donors (Lipinski definition) is 2. The van der Waals surface area contributed by atoms with Gasteiger partial charge >= 0.3 is 0 Å². The second kappa shape index (κ2) is 8.05. The second-order valence-corrected chi connectivity index (χ2v) is 6.39. The van der Waals surface area contributed by atoms with E-state index in [2.05, 4.69) is 15.3 Å². The van der Waals surface area contributed by atoms with E-state index in [-0.39, 0.29) is 11.6 Å². The van der Waals surface area contributed by atoms with E-state index in [1.54, 1.807) is 31.4 Å². The van der Waals surface area contributed by atoms with E-state index >= 15 is 0 Å². The normalized spacial score (nSPS) is 11.7. The lowest BCUT2D eigenvalue weighted by Gasteiger charge is -2.14. The number of aromatic nitrogens is 2. The molecule has 1 heterocycles. The number of nitrogens with zero attached hydrogens (tertiary/aromatic N) is 1. The van der Waals surface area contributed by atoms with Gasteiger partial charge in [0, 0.05) is 16.8 Å². The van der Waals surface area contributed by atoms with Gasteiger partial charge < -0.3 is 15.0 Å². The number of hydrogen-bond acceptors (Lipinski definition) is 4. The molecular formula is C20H18ClN3O3. The van der Waals surface area contributed by atoms with Gasteiger partial charge in [-0.25, -0.2) is 4.98 Å². The smallest absolute Gasteiger partial charge is 0.264 e. The molecule has 0 aliphatic carbocycles. The summed E-state index contributed by atoms with van der Waals surface area (Å²) in [4.78, 5) is 31.6. The largest absolute Gasteiger partial charge is 0.497 e. The number of amides is 1. The minimum atomic E-state index is -0.505. The van der Waals surface area contributed by atoms with E-state index in [4.69, 9.17) is 16.3 Å². The number of rotatable bonds is 5. The van der Waals surface area contributed by atoms with Crippen LogP contribution in [0.1, 0.15) is 28.9 Å². The van der Waals surface area contributed by atoms with Crippen LogP contribution in [0.2, 0.25) is 5.02 Å². The molecule has 0 aliphatic heterocycles. The Morgan fingerprint density at radius 3 is 2.41 bits per heavy atom. The van der Waals surface area contributed by atoms with Crippen LogP contribution in [0.4, 0.5) is 0 Å². The molecule has 1 aromatic heterocycles. The van der Waals surface area contributed by atoms with Gasteiger partial charge in [-0.05, 0) is 48.9 Å². The van der Waals surface area contributed by atoms with Crippen molar-refractivity contribution in [3.8, 4) is 17.1 Å². The molecule has 2 N–H and O–H groups in total. The second-order valence-electron chi connectivity index (χ2n) is 5.95.